The van der Waals surface area contributed by atoms with Gasteiger partial charge in [0.2, 0.25) is 11.7 Å². The number of carbonyl (C=O) groups excluding carboxylic acids is 4. The summed E-state index contributed by atoms with van der Waals surface area (Å²) < 4.78 is 6.91. The molecule has 30 heavy (non-hydrogen) atoms. The Morgan fingerprint density at radius 1 is 1.20 bits per heavy atom. The quantitative estimate of drug-likeness (QED) is 0.491. The second-order valence-corrected chi connectivity index (χ2v) is 8.51. The minimum absolute atomic E-state index is 0.114. The van der Waals surface area contributed by atoms with Gasteiger partial charge >= 0.3 is 5.97 Å². The van der Waals surface area contributed by atoms with Gasteiger partial charge in [-0.3, -0.25) is 19.2 Å². The summed E-state index contributed by atoms with van der Waals surface area (Å²) in [5, 5.41) is 3.13. The van der Waals surface area contributed by atoms with Crippen LogP contribution in [0, 0.1) is 13.8 Å². The van der Waals surface area contributed by atoms with Crippen molar-refractivity contribution in [1.29, 1.82) is 0 Å². The summed E-state index contributed by atoms with van der Waals surface area (Å²) in [6.45, 7) is 3.35. The Balaban J connectivity index is 1.49. The van der Waals surface area contributed by atoms with Gasteiger partial charge in [-0.15, -0.1) is 11.3 Å². The van der Waals surface area contributed by atoms with Crippen LogP contribution in [0.3, 0.4) is 0 Å². The molecule has 2 amide bonds. The van der Waals surface area contributed by atoms with Crippen LogP contribution in [0.4, 0.5) is 5.00 Å². The van der Waals surface area contributed by atoms with Crippen LogP contribution in [-0.2, 0) is 34.2 Å². The van der Waals surface area contributed by atoms with Crippen LogP contribution < -0.4 is 11.1 Å². The number of primary amides is 1. The van der Waals surface area contributed by atoms with E-state index < -0.39 is 17.8 Å². The summed E-state index contributed by atoms with van der Waals surface area (Å²) in [4.78, 5) is 49.3. The van der Waals surface area contributed by atoms with Gasteiger partial charge in [-0.25, -0.2) is 0 Å². The van der Waals surface area contributed by atoms with E-state index in [1.54, 1.807) is 6.07 Å². The third kappa shape index (κ3) is 4.46. The Kier molecular flexibility index (Phi) is 6.40. The molecule has 160 valence electrons. The maximum atomic E-state index is 12.3. The van der Waals surface area contributed by atoms with E-state index >= 15 is 0 Å². The lowest BCUT2D eigenvalue weighted by atomic mass is 10.1. The molecule has 0 bridgehead atoms. The molecule has 2 aromatic heterocycles. The Morgan fingerprint density at radius 3 is 2.57 bits per heavy atom. The molecule has 9 heteroatoms. The van der Waals surface area contributed by atoms with Crippen LogP contribution in [0.1, 0.15) is 61.8 Å². The molecule has 8 nitrogen and oxygen atoms in total. The second kappa shape index (κ2) is 8.83. The van der Waals surface area contributed by atoms with E-state index in [1.165, 1.54) is 11.3 Å². The predicted molar refractivity (Wildman–Crippen MR) is 113 cm³/mol. The molecule has 0 aromatic carbocycles. The predicted octanol–water partition coefficient (Wildman–Crippen LogP) is 2.44. The van der Waals surface area contributed by atoms with Gasteiger partial charge in [0, 0.05) is 35.3 Å². The normalized spacial score (nSPS) is 12.5. The number of anilines is 1. The van der Waals surface area contributed by atoms with Crippen molar-refractivity contribution in [3.05, 3.63) is 39.0 Å². The van der Waals surface area contributed by atoms with Gasteiger partial charge in [0.25, 0.3) is 5.91 Å². The molecule has 0 radical (unpaired) electrons. The number of aryl methyl sites for hydroxylation is 2. The number of nitrogens with one attached hydrogen (secondary N) is 1. The molecule has 1 aliphatic carbocycles. The van der Waals surface area contributed by atoms with E-state index in [9.17, 15) is 19.2 Å². The first kappa shape index (κ1) is 21.8. The smallest absolute Gasteiger partial charge is 0.306 e. The van der Waals surface area contributed by atoms with Gasteiger partial charge < -0.3 is 20.4 Å². The average Bonchev–Trinajstić information content (AvgIpc) is 3.33. The van der Waals surface area contributed by atoms with Gasteiger partial charge in [0.1, 0.15) is 5.00 Å². The fraction of sp³-hybridized carbons (Fsp3) is 0.429. The van der Waals surface area contributed by atoms with Crippen molar-refractivity contribution >= 4 is 39.9 Å². The van der Waals surface area contributed by atoms with Crippen molar-refractivity contribution in [2.24, 2.45) is 12.8 Å². The number of carbonyl (C=O) groups is 4. The Labute approximate surface area is 178 Å². The summed E-state index contributed by atoms with van der Waals surface area (Å²) in [6, 6.07) is 1.76. The molecule has 0 saturated heterocycles. The van der Waals surface area contributed by atoms with Gasteiger partial charge in [-0.1, -0.05) is 0 Å². The zero-order valence-electron chi connectivity index (χ0n) is 17.3. The van der Waals surface area contributed by atoms with Crippen LogP contribution in [0.5, 0.6) is 0 Å². The molecule has 2 heterocycles. The molecule has 3 N–H and O–H groups in total. The van der Waals surface area contributed by atoms with E-state index in [0.717, 1.165) is 41.1 Å². The van der Waals surface area contributed by atoms with Crippen molar-refractivity contribution in [2.45, 2.75) is 46.0 Å². The first-order valence-corrected chi connectivity index (χ1v) is 10.6. The number of nitrogens with zero attached hydrogens (tertiary/aromatic N) is 1. The second-order valence-electron chi connectivity index (χ2n) is 7.40. The number of aromatic nitrogens is 1. The van der Waals surface area contributed by atoms with Crippen LogP contribution in [-0.4, -0.2) is 34.7 Å². The van der Waals surface area contributed by atoms with Crippen LogP contribution >= 0.6 is 11.3 Å². The monoisotopic (exact) mass is 431 g/mol. The highest BCUT2D eigenvalue weighted by Gasteiger charge is 2.26. The van der Waals surface area contributed by atoms with Crippen molar-refractivity contribution < 1.29 is 23.9 Å². The highest BCUT2D eigenvalue weighted by Crippen LogP contribution is 2.38. The number of fused-ring (bicyclic) bond motifs is 1. The number of rotatable bonds is 8. The molecule has 0 fully saturated rings. The molecular formula is C21H25N3O5S. The summed E-state index contributed by atoms with van der Waals surface area (Å²) >= 11 is 1.36. The summed E-state index contributed by atoms with van der Waals surface area (Å²) in [5.41, 5.74) is 9.04. The number of esters is 1. The van der Waals surface area contributed by atoms with E-state index in [-0.39, 0.29) is 25.2 Å². The number of Topliss-reactive ketones (excluding diaryl/α,β-unsaturated/α-hetero) is 1. The highest BCUT2D eigenvalue weighted by atomic mass is 32.1. The van der Waals surface area contributed by atoms with Crippen molar-refractivity contribution in [1.82, 2.24) is 4.57 Å². The van der Waals surface area contributed by atoms with Crippen LogP contribution in [0.2, 0.25) is 0 Å². The van der Waals surface area contributed by atoms with Crippen LogP contribution in [0.25, 0.3) is 0 Å². The molecule has 0 unspecified atom stereocenters. The first-order valence-electron chi connectivity index (χ1n) is 9.75. The van der Waals surface area contributed by atoms with Crippen molar-refractivity contribution in [3.8, 4) is 0 Å². The lowest BCUT2D eigenvalue weighted by molar-refractivity contribution is -0.143. The average molecular weight is 432 g/mol. The number of thiophene rings is 1. The van der Waals surface area contributed by atoms with Gasteiger partial charge in [-0.05, 0) is 44.7 Å². The Bertz CT molecular complexity index is 1030. The zero-order valence-corrected chi connectivity index (χ0v) is 18.1. The standard InChI is InChI=1S/C21H25N3O5S/c1-11-9-14(12(2)24(11)3)15(25)10-29-18(27)8-7-17(26)23-21-19(20(22)28)13-5-4-6-16(13)30-21/h9H,4-8,10H2,1-3H3,(H2,22,28)(H,23,26). The minimum Gasteiger partial charge on any atom is -0.457 e. The molecular weight excluding hydrogens is 406 g/mol. The van der Waals surface area contributed by atoms with E-state index in [2.05, 4.69) is 5.32 Å². The van der Waals surface area contributed by atoms with Crippen molar-refractivity contribution in [3.63, 3.8) is 0 Å². The lowest BCUT2D eigenvalue weighted by Crippen LogP contribution is -2.19. The molecule has 2 aromatic rings. The topological polar surface area (TPSA) is 120 Å². The maximum absolute atomic E-state index is 12.3. The van der Waals surface area contributed by atoms with Gasteiger partial charge in [0.15, 0.2) is 6.61 Å². The molecule has 0 atom stereocenters. The number of nitrogens with two attached hydrogens (primary N) is 1. The third-order valence-corrected chi connectivity index (χ3v) is 6.62. The van der Waals surface area contributed by atoms with E-state index in [4.69, 9.17) is 10.5 Å². The summed E-state index contributed by atoms with van der Waals surface area (Å²) in [6.07, 6.45) is 2.35. The Morgan fingerprint density at radius 2 is 1.93 bits per heavy atom. The van der Waals surface area contributed by atoms with Crippen LogP contribution in [0.15, 0.2) is 6.07 Å². The maximum Gasteiger partial charge on any atom is 0.306 e. The fourth-order valence-corrected chi connectivity index (χ4v) is 4.90. The van der Waals surface area contributed by atoms with Gasteiger partial charge in [-0.2, -0.15) is 0 Å². The number of ketones is 1. The number of amides is 2. The largest absolute Gasteiger partial charge is 0.457 e. The molecule has 0 saturated carbocycles. The zero-order chi connectivity index (χ0) is 22.0. The lowest BCUT2D eigenvalue weighted by Gasteiger charge is -2.07. The summed E-state index contributed by atoms with van der Waals surface area (Å²) in [7, 11) is 1.86. The molecule has 0 aliphatic heterocycles. The van der Waals surface area contributed by atoms with Crippen molar-refractivity contribution in [2.75, 3.05) is 11.9 Å². The Hall–Kier alpha value is -2.94. The van der Waals surface area contributed by atoms with E-state index in [1.807, 2.05) is 25.5 Å². The molecule has 3 rings (SSSR count). The SMILES string of the molecule is Cc1cc(C(=O)COC(=O)CCC(=O)Nc2sc3c(c2C(N)=O)CCC3)c(C)n1C. The van der Waals surface area contributed by atoms with Gasteiger partial charge in [0.05, 0.1) is 12.0 Å². The molecule has 0 spiro atoms. The number of ether oxygens (including phenoxy) is 1. The minimum atomic E-state index is -0.632. The highest BCUT2D eigenvalue weighted by molar-refractivity contribution is 7.17. The third-order valence-electron chi connectivity index (χ3n) is 5.42. The fourth-order valence-electron chi connectivity index (χ4n) is 3.59. The molecule has 1 aliphatic rings. The number of hydrogen-bond acceptors (Lipinski definition) is 6. The number of hydrogen-bond donors (Lipinski definition) is 2. The van der Waals surface area contributed by atoms with E-state index in [0.29, 0.717) is 16.1 Å². The summed E-state index contributed by atoms with van der Waals surface area (Å²) in [5.74, 6) is -1.88. The first-order chi connectivity index (χ1) is 14.2.